The van der Waals surface area contributed by atoms with E-state index < -0.39 is 0 Å². The van der Waals surface area contributed by atoms with E-state index >= 15 is 0 Å². The number of hydrogen-bond donors (Lipinski definition) is 2. The molecule has 94 valence electrons. The zero-order valence-corrected chi connectivity index (χ0v) is 10.5. The van der Waals surface area contributed by atoms with Gasteiger partial charge in [-0.3, -0.25) is 9.89 Å². The Balaban J connectivity index is 1.89. The summed E-state index contributed by atoms with van der Waals surface area (Å²) in [7, 11) is 0. The van der Waals surface area contributed by atoms with E-state index in [-0.39, 0.29) is 5.91 Å². The maximum atomic E-state index is 12.1. The fourth-order valence-corrected chi connectivity index (χ4v) is 1.90. The number of aromatic nitrogens is 3. The number of pyridine rings is 1. The third-order valence-electron chi connectivity index (χ3n) is 2.69. The van der Waals surface area contributed by atoms with E-state index in [4.69, 9.17) is 11.6 Å². The van der Waals surface area contributed by atoms with Crippen molar-refractivity contribution in [3.63, 3.8) is 0 Å². The summed E-state index contributed by atoms with van der Waals surface area (Å²) in [6.07, 6.45) is 3.27. The van der Waals surface area contributed by atoms with E-state index in [1.807, 2.05) is 6.07 Å². The molecule has 5 nitrogen and oxygen atoms in total. The van der Waals surface area contributed by atoms with Crippen molar-refractivity contribution in [2.24, 2.45) is 0 Å². The van der Waals surface area contributed by atoms with Crippen LogP contribution in [0.5, 0.6) is 0 Å². The summed E-state index contributed by atoms with van der Waals surface area (Å²) in [6.45, 7) is 0. The van der Waals surface area contributed by atoms with Crippen molar-refractivity contribution in [3.05, 3.63) is 53.3 Å². The predicted molar refractivity (Wildman–Crippen MR) is 73.3 cm³/mol. The van der Waals surface area contributed by atoms with Crippen molar-refractivity contribution >= 4 is 34.2 Å². The number of fused-ring (bicyclic) bond motifs is 1. The summed E-state index contributed by atoms with van der Waals surface area (Å²) < 4.78 is 0. The number of aromatic amines is 1. The molecule has 0 atom stereocenters. The van der Waals surface area contributed by atoms with E-state index in [2.05, 4.69) is 20.5 Å². The lowest BCUT2D eigenvalue weighted by Crippen LogP contribution is -2.13. The minimum absolute atomic E-state index is 0.267. The Morgan fingerprint density at radius 2 is 2.21 bits per heavy atom. The van der Waals surface area contributed by atoms with Gasteiger partial charge in [0.2, 0.25) is 0 Å². The number of nitrogens with zero attached hydrogens (tertiary/aromatic N) is 2. The van der Waals surface area contributed by atoms with Gasteiger partial charge in [0.1, 0.15) is 0 Å². The first-order valence-electron chi connectivity index (χ1n) is 5.59. The van der Waals surface area contributed by atoms with Crippen molar-refractivity contribution in [1.82, 2.24) is 15.2 Å². The molecule has 0 aliphatic rings. The molecule has 0 aliphatic carbocycles. The van der Waals surface area contributed by atoms with Crippen LogP contribution < -0.4 is 5.32 Å². The summed E-state index contributed by atoms with van der Waals surface area (Å²) in [6, 6.07) is 8.66. The van der Waals surface area contributed by atoms with Gasteiger partial charge in [-0.05, 0) is 24.3 Å². The van der Waals surface area contributed by atoms with Gasteiger partial charge in [-0.1, -0.05) is 17.7 Å². The molecule has 0 saturated carbocycles. The smallest absolute Gasteiger partial charge is 0.256 e. The van der Waals surface area contributed by atoms with Crippen LogP contribution >= 0.6 is 11.6 Å². The van der Waals surface area contributed by atoms with Crippen LogP contribution in [0.25, 0.3) is 10.9 Å². The average molecular weight is 273 g/mol. The first-order valence-corrected chi connectivity index (χ1v) is 5.97. The Morgan fingerprint density at radius 1 is 1.32 bits per heavy atom. The van der Waals surface area contributed by atoms with Gasteiger partial charge in [-0.25, -0.2) is 4.98 Å². The van der Waals surface area contributed by atoms with Gasteiger partial charge >= 0.3 is 0 Å². The Labute approximate surface area is 113 Å². The Morgan fingerprint density at radius 3 is 3.05 bits per heavy atom. The lowest BCUT2D eigenvalue weighted by Gasteiger charge is -2.05. The molecule has 3 rings (SSSR count). The number of H-pyrrole nitrogens is 1. The Bertz CT molecular complexity index is 753. The van der Waals surface area contributed by atoms with Gasteiger partial charge in [0.15, 0.2) is 5.82 Å². The number of rotatable bonds is 2. The number of nitrogens with one attached hydrogen (secondary N) is 2. The van der Waals surface area contributed by atoms with Gasteiger partial charge in [0.05, 0.1) is 16.7 Å². The highest BCUT2D eigenvalue weighted by Gasteiger charge is 2.10. The van der Waals surface area contributed by atoms with E-state index in [0.717, 1.165) is 10.9 Å². The third-order valence-corrected chi connectivity index (χ3v) is 3.00. The van der Waals surface area contributed by atoms with Crippen molar-refractivity contribution in [3.8, 4) is 0 Å². The highest BCUT2D eigenvalue weighted by atomic mass is 35.5. The van der Waals surface area contributed by atoms with Crippen LogP contribution in [-0.4, -0.2) is 21.1 Å². The van der Waals surface area contributed by atoms with Crippen LogP contribution in [0.2, 0.25) is 5.02 Å². The minimum Gasteiger partial charge on any atom is -0.305 e. The minimum atomic E-state index is -0.267. The molecular formula is C13H9ClN4O. The number of carbonyl (C=O) groups excluding carboxylic acids is 1. The Kier molecular flexibility index (Phi) is 2.89. The molecule has 0 aliphatic heterocycles. The predicted octanol–water partition coefficient (Wildman–Crippen LogP) is 2.86. The maximum Gasteiger partial charge on any atom is 0.256 e. The summed E-state index contributed by atoms with van der Waals surface area (Å²) in [5, 5.41) is 10.7. The molecule has 0 fully saturated rings. The number of hydrogen-bond acceptors (Lipinski definition) is 3. The van der Waals surface area contributed by atoms with E-state index in [1.165, 1.54) is 0 Å². The van der Waals surface area contributed by atoms with Crippen LogP contribution in [0.3, 0.4) is 0 Å². The molecule has 19 heavy (non-hydrogen) atoms. The van der Waals surface area contributed by atoms with Crippen LogP contribution in [0.1, 0.15) is 10.4 Å². The molecule has 6 heteroatoms. The average Bonchev–Trinajstić information content (AvgIpc) is 2.88. The topological polar surface area (TPSA) is 70.7 Å². The first-order chi connectivity index (χ1) is 9.24. The van der Waals surface area contributed by atoms with Crippen LogP contribution in [0, 0.1) is 0 Å². The third kappa shape index (κ3) is 2.28. The zero-order chi connectivity index (χ0) is 13.2. The van der Waals surface area contributed by atoms with Gasteiger partial charge in [-0.15, -0.1) is 0 Å². The lowest BCUT2D eigenvalue weighted by molar-refractivity contribution is 0.102. The van der Waals surface area contributed by atoms with Crippen molar-refractivity contribution in [2.45, 2.75) is 0 Å². The normalized spacial score (nSPS) is 10.6. The van der Waals surface area contributed by atoms with Crippen molar-refractivity contribution in [2.75, 3.05) is 5.32 Å². The number of amides is 1. The summed E-state index contributed by atoms with van der Waals surface area (Å²) in [5.41, 5.74) is 1.32. The number of carbonyl (C=O) groups is 1. The standard InChI is InChI=1S/C13H9ClN4O/c14-10-2-1-5-15-12(10)17-13(19)8-3-4-9-7-16-18-11(9)6-8/h1-7H,(H,16,18)(H,15,17,19). The molecular weight excluding hydrogens is 264 g/mol. The molecule has 0 unspecified atom stereocenters. The molecule has 3 aromatic rings. The maximum absolute atomic E-state index is 12.1. The van der Waals surface area contributed by atoms with Crippen LogP contribution in [-0.2, 0) is 0 Å². The Hall–Kier alpha value is -2.40. The van der Waals surface area contributed by atoms with E-state index in [9.17, 15) is 4.79 Å². The largest absolute Gasteiger partial charge is 0.305 e. The SMILES string of the molecule is O=C(Nc1ncccc1Cl)c1ccc2cn[nH]c2c1. The molecule has 2 heterocycles. The lowest BCUT2D eigenvalue weighted by atomic mass is 10.1. The summed E-state index contributed by atoms with van der Waals surface area (Å²) >= 11 is 5.94. The second kappa shape index (κ2) is 4.70. The zero-order valence-electron chi connectivity index (χ0n) is 9.72. The molecule has 0 saturated heterocycles. The molecule has 1 aromatic carbocycles. The van der Waals surface area contributed by atoms with Gasteiger partial charge < -0.3 is 5.32 Å². The van der Waals surface area contributed by atoms with E-state index in [0.29, 0.717) is 16.4 Å². The highest BCUT2D eigenvalue weighted by molar-refractivity contribution is 6.33. The number of halogens is 1. The highest BCUT2D eigenvalue weighted by Crippen LogP contribution is 2.19. The van der Waals surface area contributed by atoms with Crippen molar-refractivity contribution in [1.29, 1.82) is 0 Å². The molecule has 0 spiro atoms. The number of benzene rings is 1. The number of anilines is 1. The van der Waals surface area contributed by atoms with Crippen LogP contribution in [0.4, 0.5) is 5.82 Å². The fourth-order valence-electron chi connectivity index (χ4n) is 1.74. The molecule has 2 N–H and O–H groups in total. The van der Waals surface area contributed by atoms with Gasteiger partial charge in [0.25, 0.3) is 5.91 Å². The molecule has 2 aromatic heterocycles. The molecule has 0 radical (unpaired) electrons. The monoisotopic (exact) mass is 272 g/mol. The quantitative estimate of drug-likeness (QED) is 0.753. The summed E-state index contributed by atoms with van der Waals surface area (Å²) in [5.74, 6) is 0.0796. The second-order valence-electron chi connectivity index (χ2n) is 3.96. The van der Waals surface area contributed by atoms with Crippen molar-refractivity contribution < 1.29 is 4.79 Å². The van der Waals surface area contributed by atoms with Crippen LogP contribution in [0.15, 0.2) is 42.7 Å². The van der Waals surface area contributed by atoms with Gasteiger partial charge in [-0.2, -0.15) is 5.10 Å². The molecule has 1 amide bonds. The fraction of sp³-hybridized carbons (Fsp3) is 0. The van der Waals surface area contributed by atoms with E-state index in [1.54, 1.807) is 36.7 Å². The summed E-state index contributed by atoms with van der Waals surface area (Å²) in [4.78, 5) is 16.1. The second-order valence-corrected chi connectivity index (χ2v) is 4.37. The molecule has 0 bridgehead atoms. The first kappa shape index (κ1) is 11.7. The van der Waals surface area contributed by atoms with Gasteiger partial charge in [0, 0.05) is 17.1 Å².